The first-order valence-electron chi connectivity index (χ1n) is 8.77. The Bertz CT molecular complexity index is 854. The van der Waals surface area contributed by atoms with Crippen molar-refractivity contribution >= 4 is 40.3 Å². The highest BCUT2D eigenvalue weighted by Crippen LogP contribution is 2.35. The van der Waals surface area contributed by atoms with Gasteiger partial charge >= 0.3 is 0 Å². The van der Waals surface area contributed by atoms with Gasteiger partial charge in [0.1, 0.15) is 0 Å². The van der Waals surface area contributed by atoms with Crippen LogP contribution < -0.4 is 9.80 Å². The van der Waals surface area contributed by atoms with Gasteiger partial charge in [0.05, 0.1) is 10.6 Å². The van der Waals surface area contributed by atoms with E-state index in [-0.39, 0.29) is 11.1 Å². The smallest absolute Gasteiger partial charge is 0.271 e. The summed E-state index contributed by atoms with van der Waals surface area (Å²) < 4.78 is 0. The van der Waals surface area contributed by atoms with Crippen molar-refractivity contribution in [2.45, 2.75) is 20.8 Å². The molecule has 26 heavy (non-hydrogen) atoms. The van der Waals surface area contributed by atoms with Gasteiger partial charge in [-0.25, -0.2) is 0 Å². The molecule has 1 fully saturated rings. The molecule has 0 bridgehead atoms. The fourth-order valence-electron chi connectivity index (χ4n) is 3.01. The molecule has 1 heterocycles. The van der Waals surface area contributed by atoms with E-state index in [4.69, 9.17) is 5.41 Å². The van der Waals surface area contributed by atoms with E-state index in [0.29, 0.717) is 4.91 Å². The van der Waals surface area contributed by atoms with E-state index >= 15 is 0 Å². The summed E-state index contributed by atoms with van der Waals surface area (Å²) >= 11 is 1.21. The highest BCUT2D eigenvalue weighted by atomic mass is 32.2. The van der Waals surface area contributed by atoms with Crippen molar-refractivity contribution in [3.8, 4) is 0 Å². The third-order valence-corrected chi connectivity index (χ3v) is 5.29. The average Bonchev–Trinajstić information content (AvgIpc) is 2.91. The molecule has 0 aliphatic carbocycles. The quantitative estimate of drug-likeness (QED) is 0.767. The molecule has 3 rings (SSSR count). The van der Waals surface area contributed by atoms with Gasteiger partial charge in [-0.15, -0.1) is 0 Å². The van der Waals surface area contributed by atoms with Crippen LogP contribution in [0.1, 0.15) is 25.0 Å². The highest BCUT2D eigenvalue weighted by Gasteiger charge is 2.33. The number of amides is 1. The predicted molar refractivity (Wildman–Crippen MR) is 112 cm³/mol. The fourth-order valence-corrected chi connectivity index (χ4v) is 3.87. The largest absolute Gasteiger partial charge is 0.372 e. The maximum Gasteiger partial charge on any atom is 0.271 e. The topological polar surface area (TPSA) is 47.4 Å². The predicted octanol–water partition coefficient (Wildman–Crippen LogP) is 4.90. The molecule has 1 aliphatic rings. The summed E-state index contributed by atoms with van der Waals surface area (Å²) in [7, 11) is 0. The summed E-state index contributed by atoms with van der Waals surface area (Å²) in [6.45, 7) is 8.19. The number of nitrogens with one attached hydrogen (secondary N) is 1. The van der Waals surface area contributed by atoms with E-state index in [9.17, 15) is 4.79 Å². The number of rotatable bonds is 5. The van der Waals surface area contributed by atoms with Gasteiger partial charge in [-0.3, -0.25) is 15.1 Å². The standard InChI is InChI=1S/C21H23N3OS/c1-4-23(5-2)17-11-9-16(10-12-17)14-19-20(25)24(21(22)26-19)18-8-6-7-15(3)13-18/h6-14,22H,4-5H2,1-3H3/b19-14-,22-21?. The van der Waals surface area contributed by atoms with Crippen molar-refractivity contribution in [1.82, 2.24) is 0 Å². The summed E-state index contributed by atoms with van der Waals surface area (Å²) in [6, 6.07) is 15.9. The molecule has 1 amide bonds. The molecule has 1 aliphatic heterocycles. The van der Waals surface area contributed by atoms with Gasteiger partial charge in [0.25, 0.3) is 5.91 Å². The molecule has 134 valence electrons. The number of nitrogens with zero attached hydrogens (tertiary/aromatic N) is 2. The number of hydrogen-bond donors (Lipinski definition) is 1. The maximum absolute atomic E-state index is 12.8. The molecule has 5 heteroatoms. The Balaban J connectivity index is 1.84. The molecule has 0 radical (unpaired) electrons. The second-order valence-corrected chi connectivity index (χ2v) is 7.19. The van der Waals surface area contributed by atoms with Crippen LogP contribution >= 0.6 is 11.8 Å². The van der Waals surface area contributed by atoms with Gasteiger partial charge in [0.2, 0.25) is 0 Å². The first-order valence-corrected chi connectivity index (χ1v) is 9.59. The number of carbonyl (C=O) groups excluding carboxylic acids is 1. The van der Waals surface area contributed by atoms with Gasteiger partial charge in [-0.1, -0.05) is 24.3 Å². The second-order valence-electron chi connectivity index (χ2n) is 6.16. The van der Waals surface area contributed by atoms with Crippen molar-refractivity contribution in [2.24, 2.45) is 0 Å². The zero-order chi connectivity index (χ0) is 18.7. The van der Waals surface area contributed by atoms with Crippen LogP contribution in [-0.2, 0) is 4.79 Å². The van der Waals surface area contributed by atoms with E-state index in [2.05, 4.69) is 30.9 Å². The van der Waals surface area contributed by atoms with Gasteiger partial charge in [-0.2, -0.15) is 0 Å². The van der Waals surface area contributed by atoms with Crippen LogP contribution in [0, 0.1) is 12.3 Å². The lowest BCUT2D eigenvalue weighted by Crippen LogP contribution is -2.28. The molecule has 4 nitrogen and oxygen atoms in total. The summed E-state index contributed by atoms with van der Waals surface area (Å²) in [4.78, 5) is 17.1. The summed E-state index contributed by atoms with van der Waals surface area (Å²) in [5.74, 6) is -0.140. The minimum atomic E-state index is -0.140. The molecule has 2 aromatic rings. The number of anilines is 2. The number of carbonyl (C=O) groups is 1. The zero-order valence-electron chi connectivity index (χ0n) is 15.3. The molecule has 2 aromatic carbocycles. The summed E-state index contributed by atoms with van der Waals surface area (Å²) in [6.07, 6.45) is 1.86. The SMILES string of the molecule is CCN(CC)c1ccc(/C=C2\SC(=N)N(c3cccc(C)c3)C2=O)cc1. The zero-order valence-corrected chi connectivity index (χ0v) is 16.1. The van der Waals surface area contributed by atoms with Crippen LogP contribution in [0.3, 0.4) is 0 Å². The third-order valence-electron chi connectivity index (χ3n) is 4.40. The number of amidine groups is 1. The monoisotopic (exact) mass is 365 g/mol. The Morgan fingerprint density at radius 3 is 2.42 bits per heavy atom. The molecule has 0 unspecified atom stereocenters. The van der Waals surface area contributed by atoms with E-state index in [0.717, 1.165) is 29.9 Å². The molecule has 0 saturated carbocycles. The van der Waals surface area contributed by atoms with Crippen LogP contribution in [0.4, 0.5) is 11.4 Å². The Kier molecular flexibility index (Phi) is 5.47. The lowest BCUT2D eigenvalue weighted by Gasteiger charge is -2.20. The van der Waals surface area contributed by atoms with Crippen molar-refractivity contribution < 1.29 is 4.79 Å². The van der Waals surface area contributed by atoms with Gasteiger partial charge in [0.15, 0.2) is 5.17 Å². The summed E-state index contributed by atoms with van der Waals surface area (Å²) in [5.41, 5.74) is 3.96. The number of thioether (sulfide) groups is 1. The normalized spacial score (nSPS) is 15.8. The molecule has 0 atom stereocenters. The third kappa shape index (κ3) is 3.68. The Morgan fingerprint density at radius 1 is 1.12 bits per heavy atom. The first kappa shape index (κ1) is 18.3. The van der Waals surface area contributed by atoms with Crippen molar-refractivity contribution in [3.05, 3.63) is 64.6 Å². The van der Waals surface area contributed by atoms with E-state index in [1.807, 2.05) is 49.4 Å². The van der Waals surface area contributed by atoms with Gasteiger partial charge in [0, 0.05) is 18.8 Å². The minimum Gasteiger partial charge on any atom is -0.372 e. The van der Waals surface area contributed by atoms with E-state index in [1.165, 1.54) is 22.3 Å². The maximum atomic E-state index is 12.8. The van der Waals surface area contributed by atoms with Crippen LogP contribution in [0.15, 0.2) is 53.4 Å². The van der Waals surface area contributed by atoms with Crippen LogP contribution in [0.25, 0.3) is 6.08 Å². The molecule has 1 saturated heterocycles. The minimum absolute atomic E-state index is 0.140. The number of aryl methyl sites for hydroxylation is 1. The van der Waals surface area contributed by atoms with Crippen molar-refractivity contribution in [1.29, 1.82) is 5.41 Å². The molecule has 0 aromatic heterocycles. The lowest BCUT2D eigenvalue weighted by molar-refractivity contribution is -0.113. The number of benzene rings is 2. The second kappa shape index (κ2) is 7.79. The molecule has 0 spiro atoms. The van der Waals surface area contributed by atoms with Gasteiger partial charge < -0.3 is 4.90 Å². The molecular weight excluding hydrogens is 342 g/mol. The number of hydrogen-bond acceptors (Lipinski definition) is 4. The van der Waals surface area contributed by atoms with E-state index in [1.54, 1.807) is 0 Å². The highest BCUT2D eigenvalue weighted by molar-refractivity contribution is 8.19. The van der Waals surface area contributed by atoms with E-state index < -0.39 is 0 Å². The Hall–Kier alpha value is -2.53. The van der Waals surface area contributed by atoms with Crippen LogP contribution in [0.5, 0.6) is 0 Å². The van der Waals surface area contributed by atoms with Crippen LogP contribution in [-0.4, -0.2) is 24.2 Å². The van der Waals surface area contributed by atoms with Crippen molar-refractivity contribution in [3.63, 3.8) is 0 Å². The molecule has 1 N–H and O–H groups in total. The molecular formula is C21H23N3OS. The van der Waals surface area contributed by atoms with Gasteiger partial charge in [-0.05, 0) is 74.0 Å². The average molecular weight is 366 g/mol. The Morgan fingerprint density at radius 2 is 1.81 bits per heavy atom. The summed E-state index contributed by atoms with van der Waals surface area (Å²) in [5, 5.41) is 8.44. The first-order chi connectivity index (χ1) is 12.5. The lowest BCUT2D eigenvalue weighted by atomic mass is 10.1. The Labute approximate surface area is 159 Å². The van der Waals surface area contributed by atoms with Crippen LogP contribution in [0.2, 0.25) is 0 Å². The fraction of sp³-hybridized carbons (Fsp3) is 0.238. The van der Waals surface area contributed by atoms with Crippen molar-refractivity contribution in [2.75, 3.05) is 22.9 Å².